The lowest BCUT2D eigenvalue weighted by molar-refractivity contribution is -0.185. The molecule has 3 aromatic carbocycles. The second-order valence-corrected chi connectivity index (χ2v) is 7.13. The van der Waals surface area contributed by atoms with Gasteiger partial charge in [-0.2, -0.15) is 8.78 Å². The van der Waals surface area contributed by atoms with E-state index in [1.165, 1.54) is 30.3 Å². The van der Waals surface area contributed by atoms with E-state index < -0.39 is 6.11 Å². The molecule has 0 aromatic heterocycles. The minimum absolute atomic E-state index is 0.00213. The van der Waals surface area contributed by atoms with Crippen molar-refractivity contribution in [3.63, 3.8) is 0 Å². The van der Waals surface area contributed by atoms with E-state index in [-0.39, 0.29) is 17.1 Å². The number of fused-ring (bicyclic) bond motifs is 1. The molecule has 0 amide bonds. The Hall–Kier alpha value is -2.75. The zero-order valence-electron chi connectivity index (χ0n) is 16.7. The number of aryl methyl sites for hydroxylation is 2. The number of allylic oxidation sites excluding steroid dienone is 2. The van der Waals surface area contributed by atoms with Crippen molar-refractivity contribution in [2.75, 3.05) is 0 Å². The Morgan fingerprint density at radius 2 is 1.69 bits per heavy atom. The number of ether oxygens (including phenoxy) is 1. The van der Waals surface area contributed by atoms with Gasteiger partial charge in [0.15, 0.2) is 0 Å². The fourth-order valence-corrected chi connectivity index (χ4v) is 3.31. The molecule has 0 aliphatic heterocycles. The largest absolute Gasteiger partial charge is 0.429 e. The maximum Gasteiger partial charge on any atom is 0.426 e. The highest BCUT2D eigenvalue weighted by Crippen LogP contribution is 2.33. The van der Waals surface area contributed by atoms with Crippen molar-refractivity contribution in [1.82, 2.24) is 0 Å². The SMILES string of the molecule is C/C=C/CCc1ccc(C(F)(F)Oc2ccc3cc(CCC)c(F)cc3c2)cc1. The van der Waals surface area contributed by atoms with E-state index in [0.29, 0.717) is 17.4 Å². The summed E-state index contributed by atoms with van der Waals surface area (Å²) in [5.41, 5.74) is 1.41. The third kappa shape index (κ3) is 5.20. The Morgan fingerprint density at radius 1 is 0.931 bits per heavy atom. The minimum atomic E-state index is -3.48. The van der Waals surface area contributed by atoms with Crippen molar-refractivity contribution in [2.24, 2.45) is 0 Å². The number of rotatable bonds is 8. The van der Waals surface area contributed by atoms with Gasteiger partial charge in [-0.15, -0.1) is 0 Å². The third-order valence-corrected chi connectivity index (χ3v) is 4.87. The first-order valence-electron chi connectivity index (χ1n) is 9.92. The molecule has 0 saturated carbocycles. The molecule has 152 valence electrons. The molecule has 0 spiro atoms. The molecule has 0 N–H and O–H groups in total. The van der Waals surface area contributed by atoms with Crippen molar-refractivity contribution in [1.29, 1.82) is 0 Å². The Kier molecular flexibility index (Phi) is 6.63. The van der Waals surface area contributed by atoms with E-state index in [4.69, 9.17) is 4.74 Å². The Balaban J connectivity index is 1.78. The van der Waals surface area contributed by atoms with Crippen LogP contribution in [0.2, 0.25) is 0 Å². The third-order valence-electron chi connectivity index (χ3n) is 4.87. The van der Waals surface area contributed by atoms with E-state index in [1.807, 2.05) is 26.0 Å². The molecule has 0 fully saturated rings. The first-order valence-corrected chi connectivity index (χ1v) is 9.92. The predicted octanol–water partition coefficient (Wildman–Crippen LogP) is 7.57. The van der Waals surface area contributed by atoms with Crippen molar-refractivity contribution in [2.45, 2.75) is 45.6 Å². The van der Waals surface area contributed by atoms with Gasteiger partial charge in [0.2, 0.25) is 0 Å². The van der Waals surface area contributed by atoms with E-state index >= 15 is 0 Å². The summed E-state index contributed by atoms with van der Waals surface area (Å²) in [5, 5.41) is 1.34. The highest BCUT2D eigenvalue weighted by molar-refractivity contribution is 5.84. The van der Waals surface area contributed by atoms with Gasteiger partial charge in [0, 0.05) is 0 Å². The van der Waals surface area contributed by atoms with Gasteiger partial charge >= 0.3 is 6.11 Å². The van der Waals surface area contributed by atoms with Crippen LogP contribution in [0.4, 0.5) is 13.2 Å². The Labute approximate surface area is 169 Å². The van der Waals surface area contributed by atoms with Crippen LogP contribution in [0.1, 0.15) is 43.4 Å². The van der Waals surface area contributed by atoms with Crippen LogP contribution >= 0.6 is 0 Å². The Morgan fingerprint density at radius 3 is 2.38 bits per heavy atom. The molecule has 0 saturated heterocycles. The maximum atomic E-state index is 14.6. The molecule has 0 bridgehead atoms. The molecule has 3 aromatic rings. The molecule has 0 aliphatic carbocycles. The topological polar surface area (TPSA) is 9.23 Å². The number of hydrogen-bond donors (Lipinski definition) is 0. The van der Waals surface area contributed by atoms with Crippen LogP contribution in [-0.4, -0.2) is 0 Å². The van der Waals surface area contributed by atoms with E-state index in [2.05, 4.69) is 0 Å². The van der Waals surface area contributed by atoms with Crippen LogP contribution in [0.25, 0.3) is 10.8 Å². The first kappa shape index (κ1) is 21.0. The van der Waals surface area contributed by atoms with Gasteiger partial charge in [-0.05, 0) is 84.5 Å². The lowest BCUT2D eigenvalue weighted by Gasteiger charge is -2.19. The van der Waals surface area contributed by atoms with Gasteiger partial charge in [0.1, 0.15) is 11.6 Å². The fourth-order valence-electron chi connectivity index (χ4n) is 3.31. The molecule has 0 heterocycles. The van der Waals surface area contributed by atoms with Crippen molar-refractivity contribution < 1.29 is 17.9 Å². The summed E-state index contributed by atoms with van der Waals surface area (Å²) in [5.74, 6) is -0.320. The van der Waals surface area contributed by atoms with Gasteiger partial charge < -0.3 is 4.74 Å². The van der Waals surface area contributed by atoms with Crippen molar-refractivity contribution in [3.8, 4) is 5.75 Å². The highest BCUT2D eigenvalue weighted by atomic mass is 19.3. The maximum absolute atomic E-state index is 14.6. The van der Waals surface area contributed by atoms with Crippen LogP contribution < -0.4 is 4.74 Å². The lowest BCUT2D eigenvalue weighted by atomic mass is 10.0. The van der Waals surface area contributed by atoms with E-state index in [9.17, 15) is 13.2 Å². The minimum Gasteiger partial charge on any atom is -0.429 e. The van der Waals surface area contributed by atoms with Crippen LogP contribution in [0.3, 0.4) is 0 Å². The van der Waals surface area contributed by atoms with Gasteiger partial charge in [0.25, 0.3) is 0 Å². The molecule has 0 atom stereocenters. The lowest BCUT2D eigenvalue weighted by Crippen LogP contribution is -2.21. The summed E-state index contributed by atoms with van der Waals surface area (Å²) in [7, 11) is 0. The standard InChI is InChI=1S/C25H25F3O/c1-3-5-6-8-18-9-12-22(13-10-18)25(27,28)29-23-14-11-19-15-20(7-4-2)24(26)17-21(19)16-23/h3,5,9-17H,4,6-8H2,1-2H3/b5-3+. The zero-order valence-corrected chi connectivity index (χ0v) is 16.7. The number of hydrogen-bond acceptors (Lipinski definition) is 1. The highest BCUT2D eigenvalue weighted by Gasteiger charge is 2.34. The summed E-state index contributed by atoms with van der Waals surface area (Å²) in [4.78, 5) is 0. The molecule has 4 heteroatoms. The van der Waals surface area contributed by atoms with Crippen LogP contribution in [0.5, 0.6) is 5.75 Å². The normalized spacial score (nSPS) is 12.0. The summed E-state index contributed by atoms with van der Waals surface area (Å²) in [6, 6.07) is 14.0. The number of benzene rings is 3. The average Bonchev–Trinajstić information content (AvgIpc) is 2.69. The fraction of sp³-hybridized carbons (Fsp3) is 0.280. The number of alkyl halides is 2. The van der Waals surface area contributed by atoms with E-state index in [1.54, 1.807) is 24.3 Å². The summed E-state index contributed by atoms with van der Waals surface area (Å²) < 4.78 is 48.4. The summed E-state index contributed by atoms with van der Waals surface area (Å²) in [6.45, 7) is 3.93. The summed E-state index contributed by atoms with van der Waals surface area (Å²) in [6.07, 6.45) is 3.68. The molecule has 29 heavy (non-hydrogen) atoms. The van der Waals surface area contributed by atoms with Crippen molar-refractivity contribution in [3.05, 3.63) is 89.3 Å². The molecule has 0 aliphatic rings. The van der Waals surface area contributed by atoms with Crippen LogP contribution in [-0.2, 0) is 19.0 Å². The number of halogens is 3. The molecule has 0 radical (unpaired) electrons. The van der Waals surface area contributed by atoms with Gasteiger partial charge in [-0.25, -0.2) is 4.39 Å². The molecule has 3 rings (SSSR count). The molecule has 1 nitrogen and oxygen atoms in total. The Bertz CT molecular complexity index is 991. The smallest absolute Gasteiger partial charge is 0.426 e. The van der Waals surface area contributed by atoms with E-state index in [0.717, 1.165) is 30.2 Å². The second-order valence-electron chi connectivity index (χ2n) is 7.13. The van der Waals surface area contributed by atoms with Gasteiger partial charge in [-0.1, -0.05) is 43.7 Å². The first-order chi connectivity index (χ1) is 13.9. The van der Waals surface area contributed by atoms with Gasteiger partial charge in [-0.3, -0.25) is 0 Å². The van der Waals surface area contributed by atoms with Crippen molar-refractivity contribution >= 4 is 10.8 Å². The molecule has 0 unspecified atom stereocenters. The van der Waals surface area contributed by atoms with Gasteiger partial charge in [0.05, 0.1) is 5.56 Å². The molecular weight excluding hydrogens is 373 g/mol. The molecular formula is C25H25F3O. The monoisotopic (exact) mass is 398 g/mol. The quantitative estimate of drug-likeness (QED) is 0.356. The predicted molar refractivity (Wildman–Crippen MR) is 112 cm³/mol. The second kappa shape index (κ2) is 9.17. The zero-order chi connectivity index (χ0) is 20.9. The summed E-state index contributed by atoms with van der Waals surface area (Å²) >= 11 is 0. The average molecular weight is 398 g/mol. The van der Waals surface area contributed by atoms with Crippen LogP contribution in [0.15, 0.2) is 66.7 Å². The van der Waals surface area contributed by atoms with Crippen LogP contribution in [0, 0.1) is 5.82 Å².